The maximum Gasteiger partial charge on any atom is 0.306 e. The Morgan fingerprint density at radius 2 is 2.27 bits per heavy atom. The predicted molar refractivity (Wildman–Crippen MR) is 57.7 cm³/mol. The molecule has 76 valence electrons. The van der Waals surface area contributed by atoms with E-state index in [4.69, 9.17) is 4.74 Å². The zero-order chi connectivity index (χ0) is 10.3. The number of benzene rings is 1. The van der Waals surface area contributed by atoms with E-state index in [1.165, 1.54) is 0 Å². The van der Waals surface area contributed by atoms with Crippen LogP contribution in [-0.2, 0) is 9.53 Å². The first-order valence-electron chi connectivity index (χ1n) is 4.88. The van der Waals surface area contributed by atoms with E-state index in [0.717, 1.165) is 21.6 Å². The van der Waals surface area contributed by atoms with Crippen LogP contribution in [0.2, 0.25) is 0 Å². The molecule has 1 fully saturated rings. The summed E-state index contributed by atoms with van der Waals surface area (Å²) in [5.74, 6) is -0.112. The molecule has 2 heterocycles. The lowest BCUT2D eigenvalue weighted by atomic mass is 10.2. The summed E-state index contributed by atoms with van der Waals surface area (Å²) < 4.78 is 6.33. The Balaban J connectivity index is 2.01. The van der Waals surface area contributed by atoms with Crippen LogP contribution in [0.15, 0.2) is 24.3 Å². The molecular weight excluding hydrogens is 210 g/mol. The largest absolute Gasteiger partial charge is 0.455 e. The number of carbonyl (C=O) groups excluding carboxylic acids is 1. The Morgan fingerprint density at radius 3 is 3.00 bits per heavy atom. The van der Waals surface area contributed by atoms with Crippen molar-refractivity contribution in [2.75, 3.05) is 0 Å². The highest BCUT2D eigenvalue weighted by Gasteiger charge is 2.27. The highest BCUT2D eigenvalue weighted by Crippen LogP contribution is 2.34. The Bertz CT molecular complexity index is 487. The number of para-hydroxylation sites is 1. The fourth-order valence-corrected chi connectivity index (χ4v) is 2.76. The zero-order valence-corrected chi connectivity index (χ0v) is 8.79. The van der Waals surface area contributed by atoms with Gasteiger partial charge in [-0.25, -0.2) is 4.98 Å². The SMILES string of the molecule is O=C1CCC(c2nc3ccccc3s2)O1. The summed E-state index contributed by atoms with van der Waals surface area (Å²) >= 11 is 1.61. The van der Waals surface area contributed by atoms with Gasteiger partial charge in [-0.15, -0.1) is 11.3 Å². The van der Waals surface area contributed by atoms with Crippen LogP contribution in [0.1, 0.15) is 24.0 Å². The standard InChI is InChI=1S/C11H9NO2S/c13-10-6-5-8(14-10)11-12-7-3-1-2-4-9(7)15-11/h1-4,8H,5-6H2. The molecule has 15 heavy (non-hydrogen) atoms. The molecule has 0 radical (unpaired) electrons. The van der Waals surface area contributed by atoms with Crippen molar-refractivity contribution in [3.8, 4) is 0 Å². The minimum absolute atomic E-state index is 0.112. The fraction of sp³-hybridized carbons (Fsp3) is 0.273. The van der Waals surface area contributed by atoms with Crippen LogP contribution in [0, 0.1) is 0 Å². The number of carbonyl (C=O) groups is 1. The first-order valence-corrected chi connectivity index (χ1v) is 5.69. The van der Waals surface area contributed by atoms with Gasteiger partial charge in [-0.2, -0.15) is 0 Å². The summed E-state index contributed by atoms with van der Waals surface area (Å²) in [7, 11) is 0. The molecule has 0 aliphatic carbocycles. The van der Waals surface area contributed by atoms with Crippen molar-refractivity contribution in [2.24, 2.45) is 0 Å². The number of aromatic nitrogens is 1. The number of nitrogens with zero attached hydrogens (tertiary/aromatic N) is 1. The summed E-state index contributed by atoms with van der Waals surface area (Å²) in [5.41, 5.74) is 0.987. The molecule has 4 heteroatoms. The van der Waals surface area contributed by atoms with Crippen LogP contribution in [0.25, 0.3) is 10.2 Å². The Morgan fingerprint density at radius 1 is 1.40 bits per heavy atom. The molecule has 3 nitrogen and oxygen atoms in total. The summed E-state index contributed by atoms with van der Waals surface area (Å²) in [4.78, 5) is 15.5. The van der Waals surface area contributed by atoms with E-state index < -0.39 is 0 Å². The van der Waals surface area contributed by atoms with Crippen molar-refractivity contribution in [3.63, 3.8) is 0 Å². The molecule has 0 saturated carbocycles. The summed E-state index contributed by atoms with van der Waals surface area (Å²) in [6, 6.07) is 7.97. The number of rotatable bonds is 1. The fourth-order valence-electron chi connectivity index (χ4n) is 1.73. The number of fused-ring (bicyclic) bond motifs is 1. The zero-order valence-electron chi connectivity index (χ0n) is 7.97. The molecule has 0 bridgehead atoms. The molecule has 0 spiro atoms. The van der Waals surface area contributed by atoms with E-state index in [9.17, 15) is 4.79 Å². The maximum absolute atomic E-state index is 11.0. The lowest BCUT2D eigenvalue weighted by Crippen LogP contribution is -1.97. The van der Waals surface area contributed by atoms with Crippen LogP contribution in [0.5, 0.6) is 0 Å². The lowest BCUT2D eigenvalue weighted by Gasteiger charge is -2.02. The second-order valence-corrected chi connectivity index (χ2v) is 4.60. The number of thiazole rings is 1. The van der Waals surface area contributed by atoms with Gasteiger partial charge in [-0.1, -0.05) is 12.1 Å². The molecule has 1 atom stereocenters. The van der Waals surface area contributed by atoms with Crippen molar-refractivity contribution in [3.05, 3.63) is 29.3 Å². The van der Waals surface area contributed by atoms with Gasteiger partial charge in [0.25, 0.3) is 0 Å². The van der Waals surface area contributed by atoms with Crippen molar-refractivity contribution in [2.45, 2.75) is 18.9 Å². The molecule has 1 aromatic carbocycles. The molecule has 1 aromatic heterocycles. The van der Waals surface area contributed by atoms with Crippen LogP contribution in [-0.4, -0.2) is 11.0 Å². The normalized spacial score (nSPS) is 20.8. The van der Waals surface area contributed by atoms with Crippen LogP contribution in [0.3, 0.4) is 0 Å². The van der Waals surface area contributed by atoms with Gasteiger partial charge in [0.1, 0.15) is 5.01 Å². The topological polar surface area (TPSA) is 39.2 Å². The van der Waals surface area contributed by atoms with Crippen LogP contribution < -0.4 is 0 Å². The molecule has 3 rings (SSSR count). The van der Waals surface area contributed by atoms with Crippen molar-refractivity contribution in [1.82, 2.24) is 4.98 Å². The number of esters is 1. The first kappa shape index (κ1) is 8.85. The van der Waals surface area contributed by atoms with E-state index in [-0.39, 0.29) is 12.1 Å². The average molecular weight is 219 g/mol. The molecule has 0 amide bonds. The van der Waals surface area contributed by atoms with E-state index in [1.807, 2.05) is 24.3 Å². The second kappa shape index (κ2) is 3.31. The lowest BCUT2D eigenvalue weighted by molar-refractivity contribution is -0.141. The number of ether oxygens (including phenoxy) is 1. The van der Waals surface area contributed by atoms with Gasteiger partial charge in [-0.05, 0) is 12.1 Å². The van der Waals surface area contributed by atoms with E-state index >= 15 is 0 Å². The maximum atomic E-state index is 11.0. The average Bonchev–Trinajstić information content (AvgIpc) is 2.82. The third-order valence-electron chi connectivity index (χ3n) is 2.47. The number of cyclic esters (lactones) is 1. The number of hydrogen-bond acceptors (Lipinski definition) is 4. The van der Waals surface area contributed by atoms with Crippen LogP contribution in [0.4, 0.5) is 0 Å². The summed E-state index contributed by atoms with van der Waals surface area (Å²) in [6.45, 7) is 0. The van der Waals surface area contributed by atoms with Crippen molar-refractivity contribution in [1.29, 1.82) is 0 Å². The smallest absolute Gasteiger partial charge is 0.306 e. The van der Waals surface area contributed by atoms with Gasteiger partial charge in [0, 0.05) is 12.8 Å². The molecular formula is C11H9NO2S. The van der Waals surface area contributed by atoms with E-state index in [2.05, 4.69) is 4.98 Å². The highest BCUT2D eigenvalue weighted by molar-refractivity contribution is 7.18. The molecule has 2 aromatic rings. The van der Waals surface area contributed by atoms with Crippen molar-refractivity contribution >= 4 is 27.5 Å². The first-order chi connectivity index (χ1) is 7.33. The minimum Gasteiger partial charge on any atom is -0.455 e. The van der Waals surface area contributed by atoms with Gasteiger partial charge in [0.15, 0.2) is 6.10 Å². The van der Waals surface area contributed by atoms with E-state index in [1.54, 1.807) is 11.3 Å². The second-order valence-electron chi connectivity index (χ2n) is 3.54. The third-order valence-corrected chi connectivity index (χ3v) is 3.60. The summed E-state index contributed by atoms with van der Waals surface area (Å²) in [5, 5.41) is 0.919. The van der Waals surface area contributed by atoms with E-state index in [0.29, 0.717) is 6.42 Å². The van der Waals surface area contributed by atoms with Gasteiger partial charge >= 0.3 is 5.97 Å². The molecule has 1 aliphatic rings. The number of hydrogen-bond donors (Lipinski definition) is 0. The Kier molecular flexibility index (Phi) is 1.95. The third kappa shape index (κ3) is 1.51. The molecule has 1 aliphatic heterocycles. The van der Waals surface area contributed by atoms with Crippen molar-refractivity contribution < 1.29 is 9.53 Å². The van der Waals surface area contributed by atoms with Crippen LogP contribution >= 0.6 is 11.3 Å². The van der Waals surface area contributed by atoms with Gasteiger partial charge in [-0.3, -0.25) is 4.79 Å². The molecule has 1 saturated heterocycles. The quantitative estimate of drug-likeness (QED) is 0.692. The Hall–Kier alpha value is -1.42. The monoisotopic (exact) mass is 219 g/mol. The van der Waals surface area contributed by atoms with Gasteiger partial charge in [0.2, 0.25) is 0 Å². The van der Waals surface area contributed by atoms with Gasteiger partial charge < -0.3 is 4.74 Å². The highest BCUT2D eigenvalue weighted by atomic mass is 32.1. The predicted octanol–water partition coefficient (Wildman–Crippen LogP) is 2.67. The van der Waals surface area contributed by atoms with Gasteiger partial charge in [0.05, 0.1) is 10.2 Å². The Labute approximate surface area is 90.7 Å². The minimum atomic E-state index is -0.116. The summed E-state index contributed by atoms with van der Waals surface area (Å²) in [6.07, 6.45) is 1.16. The molecule has 0 N–H and O–H groups in total. The molecule has 1 unspecified atom stereocenters.